The normalized spacial score (nSPS) is 21.0. The summed E-state index contributed by atoms with van der Waals surface area (Å²) < 4.78 is 18.4. The number of phenolic OH excluding ortho intramolecular Hbond substituents is 2. The fraction of sp³-hybridized carbons (Fsp3) is 0.444. The van der Waals surface area contributed by atoms with Gasteiger partial charge < -0.3 is 50.1 Å². The number of amides is 5. The standard InChI is InChI=1S/C20H23NO4.C17H20N2S.C15H15NO2S.C14H23NO.C13H18O2.C11H16N2O3/c22-13-4-3-12-9-15-20(24)6-5-14(23)18-19(20,16(12)17(13)25-18)7-8-21(15)10-11-1-2-11;1-13(18(2)3)12-19-14-8-4-6-10-16(14)20-17-11-7-5-9-15(17)19;16-14(17)11-19(18)15(12-7-3-1-4-8-12)13-9-5-2-6-10-13;1-5-14(11(2)10-15(3)4)12-7-6-8-13(16)9-12;1-9(2)8-11-4-6-12(7-5-11)10(3)13(14)15;1-4-6-11(7(3)5-2)8(14)12-10(16)13-9(11)15/h3-4,11,15,18,22,24H,1-2,5-10H2;4-11,13H,12H2,1-3H3;1-10,15H,11H2,(H2,16,17);6-9,11,14,16H,5,10H2,1-4H3;4-7,9-10H,8H2,1-3H3,(H,14,15);4,7H,1,5-6H2,2-3H3,(H2,12,13,14,15,16)/t15-,18+,19+,20-;;;11-,14+;;/m1..0../s1. The molecule has 10 atom stereocenters. The van der Waals surface area contributed by atoms with Crippen LogP contribution in [-0.4, -0.2) is 159 Å². The van der Waals surface area contributed by atoms with E-state index < -0.39 is 69.4 Å². The minimum absolute atomic E-state index is 0.0454. The van der Waals surface area contributed by atoms with Gasteiger partial charge in [0.05, 0.1) is 28.3 Å². The number of fused-ring (bicyclic) bond motifs is 2. The molecule has 14 rings (SSSR count). The largest absolute Gasteiger partial charge is 0.615 e. The third-order valence-corrected chi connectivity index (χ3v) is 25.7. The van der Waals surface area contributed by atoms with Crippen molar-refractivity contribution in [2.75, 3.05) is 65.0 Å². The molecule has 7 aromatic carbocycles. The first kappa shape index (κ1) is 86.2. The average Bonchev–Trinajstić information content (AvgIpc) is 1.55. The molecular weight excluding hydrogens is 1440 g/mol. The molecule has 4 heterocycles. The summed E-state index contributed by atoms with van der Waals surface area (Å²) >= 11 is 0.502. The summed E-state index contributed by atoms with van der Waals surface area (Å²) in [4.78, 5) is 81.4. The van der Waals surface area contributed by atoms with E-state index >= 15 is 0 Å². The van der Waals surface area contributed by atoms with Crippen LogP contribution in [0.15, 0.2) is 192 Å². The highest BCUT2D eigenvalue weighted by Gasteiger charge is 2.73. The molecule has 3 aliphatic carbocycles. The molecule has 8 N–H and O–H groups in total. The third-order valence-electron chi connectivity index (χ3n) is 22.9. The van der Waals surface area contributed by atoms with Gasteiger partial charge in [0, 0.05) is 64.6 Å². The molecule has 4 aliphatic heterocycles. The van der Waals surface area contributed by atoms with Gasteiger partial charge in [0.25, 0.3) is 5.91 Å². The van der Waals surface area contributed by atoms with Crippen LogP contribution < -0.4 is 26.0 Å². The number of ketones is 1. The number of nitrogens with one attached hydrogen (secondary N) is 2. The summed E-state index contributed by atoms with van der Waals surface area (Å²) in [5.41, 5.74) is 12.3. The van der Waals surface area contributed by atoms with Crippen LogP contribution in [0, 0.1) is 29.1 Å². The van der Waals surface area contributed by atoms with Gasteiger partial charge in [-0.25, -0.2) is 4.79 Å². The number of para-hydroxylation sites is 2. The number of carboxylic acids is 1. The number of aromatic hydroxyl groups is 2. The van der Waals surface area contributed by atoms with Crippen LogP contribution in [0.1, 0.15) is 163 Å². The van der Waals surface area contributed by atoms with Crippen molar-refractivity contribution < 1.29 is 58.5 Å². The summed E-state index contributed by atoms with van der Waals surface area (Å²) in [6.45, 7) is 24.1. The minimum atomic E-state index is -1.36. The molecule has 7 aliphatic rings. The molecule has 2 saturated carbocycles. The lowest BCUT2D eigenvalue weighted by molar-refractivity contribution is -0.188. The van der Waals surface area contributed by atoms with Crippen molar-refractivity contribution in [1.82, 2.24) is 25.3 Å². The van der Waals surface area contributed by atoms with Crippen molar-refractivity contribution in [2.45, 2.75) is 176 Å². The number of piperidine rings is 1. The lowest BCUT2D eigenvalue weighted by atomic mass is 9.49. The lowest BCUT2D eigenvalue weighted by Crippen LogP contribution is -2.76. The number of rotatable bonds is 23. The quantitative estimate of drug-likeness (QED) is 0.0178. The van der Waals surface area contributed by atoms with Gasteiger partial charge in [0.1, 0.15) is 11.2 Å². The highest BCUT2D eigenvalue weighted by atomic mass is 32.2. The Labute approximate surface area is 664 Å². The van der Waals surface area contributed by atoms with Gasteiger partial charge in [-0.1, -0.05) is 193 Å². The number of Topliss-reactive ketones (excluding diaryl/α,β-unsaturated/α-hetero) is 1. The van der Waals surface area contributed by atoms with E-state index in [-0.39, 0.29) is 40.9 Å². The van der Waals surface area contributed by atoms with Gasteiger partial charge in [-0.2, -0.15) is 0 Å². The monoisotopic (exact) mass is 1550 g/mol. The fourth-order valence-corrected chi connectivity index (χ4v) is 19.1. The van der Waals surface area contributed by atoms with Crippen LogP contribution in [0.5, 0.6) is 17.2 Å². The smallest absolute Gasteiger partial charge is 0.328 e. The second-order valence-corrected chi connectivity index (χ2v) is 34.2. The van der Waals surface area contributed by atoms with Gasteiger partial charge in [-0.05, 0) is 205 Å². The van der Waals surface area contributed by atoms with Crippen LogP contribution in [0.25, 0.3) is 0 Å². The number of urea groups is 1. The number of hydrogen-bond acceptors (Lipinski definition) is 16. The highest BCUT2D eigenvalue weighted by Crippen LogP contribution is 2.65. The SMILES string of the molecule is C=CCC1(C(C)CC)C(=O)NC(=O)NC1=O.CC(C)Cc1ccc(C(C)C(=O)O)cc1.CC(CN1c2ccccc2Sc2ccccc21)N(C)C.CC[C@@H](c1cccc(O)c1)[C@@H](C)CN(C)C.NC(=O)C[S+]([O-])C(c1ccccc1)c1ccccc1.O=C1CC[C@@]2(O)[C@H]3Cc4ccc(O)c5c4[C@@]2(CCN3CC2CC2)[C@H]1O5. The number of imide groups is 2. The van der Waals surface area contributed by atoms with Crippen molar-refractivity contribution in [3.8, 4) is 17.2 Å². The number of allylic oxidation sites excluding steroid dienone is 1. The number of anilines is 2. The Morgan fingerprint density at radius 3 is 1.84 bits per heavy atom. The summed E-state index contributed by atoms with van der Waals surface area (Å²) in [5, 5.41) is 44.6. The average molecular weight is 1550 g/mol. The number of nitrogens with two attached hydrogens (primary N) is 1. The molecule has 594 valence electrons. The van der Waals surface area contributed by atoms with E-state index in [0.717, 1.165) is 85.6 Å². The maximum atomic E-state index is 12.7. The van der Waals surface area contributed by atoms with Crippen LogP contribution >= 0.6 is 11.8 Å². The minimum Gasteiger partial charge on any atom is -0.615 e. The number of carbonyl (C=O) groups is 6. The van der Waals surface area contributed by atoms with Crippen molar-refractivity contribution >= 4 is 69.8 Å². The summed E-state index contributed by atoms with van der Waals surface area (Å²) in [6.07, 6.45) is 8.91. The van der Waals surface area contributed by atoms with Crippen molar-refractivity contribution in [3.05, 3.63) is 221 Å². The second kappa shape index (κ2) is 38.6. The molecule has 5 amide bonds. The van der Waals surface area contributed by atoms with E-state index in [2.05, 4.69) is 154 Å². The zero-order valence-corrected chi connectivity index (χ0v) is 68.2. The van der Waals surface area contributed by atoms with Crippen LogP contribution in [0.3, 0.4) is 0 Å². The zero-order valence-electron chi connectivity index (χ0n) is 66.6. The second-order valence-electron chi connectivity index (χ2n) is 31.6. The van der Waals surface area contributed by atoms with E-state index in [4.69, 9.17) is 15.6 Å². The van der Waals surface area contributed by atoms with Gasteiger partial charge in [0.2, 0.25) is 11.8 Å². The molecule has 19 nitrogen and oxygen atoms in total. The molecule has 2 bridgehead atoms. The molecule has 1 spiro atoms. The maximum absolute atomic E-state index is 12.7. The van der Waals surface area contributed by atoms with Crippen molar-refractivity contribution in [2.24, 2.45) is 34.8 Å². The fourth-order valence-electron chi connectivity index (χ4n) is 16.6. The molecular formula is C90H115N7O12S2. The van der Waals surface area contributed by atoms with E-state index in [0.29, 0.717) is 54.6 Å². The number of benzene rings is 7. The molecule has 7 aromatic rings. The number of primary amides is 1. The van der Waals surface area contributed by atoms with E-state index in [1.165, 1.54) is 51.2 Å². The van der Waals surface area contributed by atoms with Gasteiger partial charge in [-0.15, -0.1) is 6.58 Å². The zero-order chi connectivity index (χ0) is 80.6. The van der Waals surface area contributed by atoms with Crippen molar-refractivity contribution in [1.29, 1.82) is 0 Å². The molecule has 0 aromatic heterocycles. The predicted octanol–water partition coefficient (Wildman–Crippen LogP) is 14.9. The molecule has 111 heavy (non-hydrogen) atoms. The number of aliphatic carboxylic acids is 1. The Morgan fingerprint density at radius 2 is 1.32 bits per heavy atom. The topological polar surface area (TPSA) is 279 Å². The van der Waals surface area contributed by atoms with Crippen LogP contribution in [-0.2, 0) is 53.4 Å². The molecule has 4 fully saturated rings. The number of likely N-dealkylation sites (N-methyl/N-ethyl adjacent to an activating group) is 1. The van der Waals surface area contributed by atoms with Crippen LogP contribution in [0.2, 0.25) is 0 Å². The van der Waals surface area contributed by atoms with E-state index in [9.17, 15) is 48.6 Å². The Morgan fingerprint density at radius 1 is 0.748 bits per heavy atom. The Balaban J connectivity index is 0.000000155. The number of aliphatic hydroxyl groups is 1. The number of ether oxygens (including phenoxy) is 1. The number of carboxylic acid groups (broad SMARTS) is 1. The van der Waals surface area contributed by atoms with Gasteiger partial charge >= 0.3 is 12.0 Å². The van der Waals surface area contributed by atoms with Crippen LogP contribution in [0.4, 0.5) is 16.2 Å². The number of carbonyl (C=O) groups excluding carboxylic acids is 5. The number of nitrogens with zero attached hydrogens (tertiary/aromatic N) is 4. The Hall–Kier alpha value is -8.80. The molecule has 4 unspecified atom stereocenters. The van der Waals surface area contributed by atoms with E-state index in [1.54, 1.807) is 19.1 Å². The van der Waals surface area contributed by atoms with Gasteiger partial charge in [-0.3, -0.25) is 39.5 Å². The highest BCUT2D eigenvalue weighted by molar-refractivity contribution is 7.99. The maximum Gasteiger partial charge on any atom is 0.328 e. The number of phenols is 2. The first-order chi connectivity index (χ1) is 52.9. The lowest BCUT2D eigenvalue weighted by Gasteiger charge is -2.62. The first-order valence-electron chi connectivity index (χ1n) is 39.0. The summed E-state index contributed by atoms with van der Waals surface area (Å²) in [6, 6.07) is 55.4. The van der Waals surface area contributed by atoms with E-state index in [1.807, 2.05) is 129 Å². The third kappa shape index (κ3) is 20.2. The predicted molar refractivity (Wildman–Crippen MR) is 442 cm³/mol. The first-order valence-corrected chi connectivity index (χ1v) is 41.2. The molecule has 21 heteroatoms. The van der Waals surface area contributed by atoms with Gasteiger partial charge in [0.15, 0.2) is 34.4 Å². The summed E-state index contributed by atoms with van der Waals surface area (Å²) in [5.74, 6) is 0.426. The summed E-state index contributed by atoms with van der Waals surface area (Å²) in [7, 11) is 8.49. The number of likely N-dealkylation sites (tertiary alicyclic amines) is 1. The number of hydrogen-bond donors (Lipinski definition) is 7. The Bertz CT molecular complexity index is 4230. The Kier molecular flexibility index (Phi) is 30.0. The molecule has 0 radical (unpaired) electrons. The molecule has 2 saturated heterocycles. The number of barbiturate groups is 1. The van der Waals surface area contributed by atoms with Crippen molar-refractivity contribution in [3.63, 3.8) is 0 Å².